The minimum Gasteiger partial charge on any atom is -0.632 e. The number of rotatable bonds is 2. The Labute approximate surface area is 122 Å². The lowest BCUT2D eigenvalue weighted by Crippen LogP contribution is -3.08. The second-order valence-electron chi connectivity index (χ2n) is 4.92. The number of primary amides is 1. The average molecular weight is 281 g/mol. The van der Waals surface area contributed by atoms with Crippen molar-refractivity contribution in [1.82, 2.24) is 0 Å². The maximum Gasteiger partial charge on any atom is 0.280 e. The van der Waals surface area contributed by atoms with Gasteiger partial charge in [-0.25, -0.2) is 4.99 Å². The van der Waals surface area contributed by atoms with Crippen LogP contribution in [-0.4, -0.2) is 18.3 Å². The van der Waals surface area contributed by atoms with Crippen LogP contribution in [-0.2, 0) is 4.79 Å². The predicted octanol–water partition coefficient (Wildman–Crippen LogP) is 0.404. The number of quaternary nitrogens is 1. The fraction of sp³-hybridized carbons (Fsp3) is 0.125. The maximum atomic E-state index is 12.2. The zero-order valence-electron chi connectivity index (χ0n) is 11.3. The van der Waals surface area contributed by atoms with Crippen LogP contribution < -0.4 is 10.8 Å². The van der Waals surface area contributed by atoms with Crippen molar-refractivity contribution in [2.45, 2.75) is 6.04 Å². The summed E-state index contributed by atoms with van der Waals surface area (Å²) in [6.45, 7) is -0.0352. The molecule has 2 atom stereocenters. The number of carbonyl (C=O) groups excluding carboxylic acids is 1. The molecule has 5 heteroatoms. The second kappa shape index (κ2) is 5.47. The third-order valence-corrected chi connectivity index (χ3v) is 3.57. The van der Waals surface area contributed by atoms with E-state index in [2.05, 4.69) is 4.99 Å². The number of nitrogens with zero attached hydrogens (tertiary/aromatic N) is 1. The first-order valence-electron chi connectivity index (χ1n) is 6.69. The van der Waals surface area contributed by atoms with Gasteiger partial charge in [-0.2, -0.15) is 0 Å². The lowest BCUT2D eigenvalue weighted by Gasteiger charge is -2.26. The van der Waals surface area contributed by atoms with E-state index in [0.717, 1.165) is 16.8 Å². The highest BCUT2D eigenvalue weighted by Crippen LogP contribution is 2.22. The van der Waals surface area contributed by atoms with Crippen molar-refractivity contribution in [1.29, 1.82) is 0 Å². The van der Waals surface area contributed by atoms with E-state index in [9.17, 15) is 10.0 Å². The molecule has 0 aromatic heterocycles. The maximum absolute atomic E-state index is 12.2. The van der Waals surface area contributed by atoms with Gasteiger partial charge in [0.15, 0.2) is 12.7 Å². The van der Waals surface area contributed by atoms with Gasteiger partial charge in [0.05, 0.1) is 5.71 Å². The third-order valence-electron chi connectivity index (χ3n) is 3.57. The number of hydroxylamine groups is 2. The van der Waals surface area contributed by atoms with Crippen molar-refractivity contribution in [3.63, 3.8) is 0 Å². The quantitative estimate of drug-likeness (QED) is 0.781. The average Bonchev–Trinajstić information content (AvgIpc) is 2.64. The van der Waals surface area contributed by atoms with Gasteiger partial charge < -0.3 is 16.0 Å². The van der Waals surface area contributed by atoms with Crippen molar-refractivity contribution in [2.75, 3.05) is 6.67 Å². The molecular weight excluding hydrogens is 266 g/mol. The largest absolute Gasteiger partial charge is 0.632 e. The molecule has 0 spiro atoms. The van der Waals surface area contributed by atoms with Gasteiger partial charge in [0.2, 0.25) is 0 Å². The van der Waals surface area contributed by atoms with E-state index in [-0.39, 0.29) is 11.7 Å². The Morgan fingerprint density at radius 1 is 1.14 bits per heavy atom. The monoisotopic (exact) mass is 281 g/mol. The van der Waals surface area contributed by atoms with E-state index in [1.165, 1.54) is 0 Å². The van der Waals surface area contributed by atoms with Crippen molar-refractivity contribution in [3.05, 3.63) is 76.5 Å². The van der Waals surface area contributed by atoms with Crippen LogP contribution in [0.25, 0.3) is 0 Å². The molecule has 2 aromatic carbocycles. The Morgan fingerprint density at radius 2 is 1.81 bits per heavy atom. The Morgan fingerprint density at radius 3 is 2.52 bits per heavy atom. The summed E-state index contributed by atoms with van der Waals surface area (Å²) in [5, 5.41) is 11.9. The minimum atomic E-state index is -0.925. The molecule has 3 rings (SSSR count). The fourth-order valence-electron chi connectivity index (χ4n) is 2.63. The number of carbonyl (C=O) groups is 1. The van der Waals surface area contributed by atoms with Gasteiger partial charge in [-0.1, -0.05) is 54.6 Å². The highest BCUT2D eigenvalue weighted by Gasteiger charge is 2.30. The molecule has 2 unspecified atom stereocenters. The van der Waals surface area contributed by atoms with Gasteiger partial charge in [0.25, 0.3) is 5.91 Å². The molecule has 5 nitrogen and oxygen atoms in total. The van der Waals surface area contributed by atoms with Gasteiger partial charge in [-0.15, -0.1) is 0 Å². The third kappa shape index (κ3) is 2.44. The molecule has 21 heavy (non-hydrogen) atoms. The van der Waals surface area contributed by atoms with E-state index in [1.807, 2.05) is 42.5 Å². The predicted molar refractivity (Wildman–Crippen MR) is 79.7 cm³/mol. The second-order valence-corrected chi connectivity index (χ2v) is 4.92. The van der Waals surface area contributed by atoms with Gasteiger partial charge >= 0.3 is 0 Å². The van der Waals surface area contributed by atoms with Crippen LogP contribution in [0.15, 0.2) is 59.6 Å². The zero-order chi connectivity index (χ0) is 14.8. The SMILES string of the molecule is NC(=O)C1c2ccccc2C(c2ccccc2)=NC[NH+]1[O-]. The minimum absolute atomic E-state index is 0.0352. The lowest BCUT2D eigenvalue weighted by molar-refractivity contribution is -0.870. The number of hydrogen-bond donors (Lipinski definition) is 2. The van der Waals surface area contributed by atoms with Gasteiger partial charge in [-0.3, -0.25) is 4.79 Å². The topological polar surface area (TPSA) is 83.0 Å². The highest BCUT2D eigenvalue weighted by atomic mass is 16.5. The fourth-order valence-corrected chi connectivity index (χ4v) is 2.63. The Bertz CT molecular complexity index is 698. The van der Waals surface area contributed by atoms with Crippen LogP contribution in [0.2, 0.25) is 0 Å². The summed E-state index contributed by atoms with van der Waals surface area (Å²) in [5.74, 6) is -0.628. The normalized spacial score (nSPS) is 21.1. The van der Waals surface area contributed by atoms with Crippen molar-refractivity contribution in [3.8, 4) is 0 Å². The van der Waals surface area contributed by atoms with Crippen LogP contribution in [0, 0.1) is 5.21 Å². The van der Waals surface area contributed by atoms with E-state index in [1.54, 1.807) is 12.1 Å². The molecule has 0 fully saturated rings. The summed E-state index contributed by atoms with van der Waals surface area (Å²) in [6.07, 6.45) is 0. The molecule has 106 valence electrons. The molecule has 1 amide bonds. The highest BCUT2D eigenvalue weighted by molar-refractivity contribution is 6.14. The number of fused-ring (bicyclic) bond motifs is 1. The number of amides is 1. The molecule has 0 saturated carbocycles. The van der Waals surface area contributed by atoms with Crippen molar-refractivity contribution in [2.24, 2.45) is 10.7 Å². The molecule has 0 bridgehead atoms. The molecule has 0 saturated heterocycles. The van der Waals surface area contributed by atoms with Crippen LogP contribution in [0.5, 0.6) is 0 Å². The summed E-state index contributed by atoms with van der Waals surface area (Å²) in [4.78, 5) is 16.1. The van der Waals surface area contributed by atoms with Gasteiger partial charge in [0.1, 0.15) is 0 Å². The number of benzene rings is 2. The standard InChI is InChI=1S/C16H15N3O2/c17-16(20)15-13-9-5-4-8-12(13)14(18-10-19(15)21)11-6-2-1-3-7-11/h1-9,15,19H,10H2,(H2,17,20). The van der Waals surface area contributed by atoms with E-state index in [4.69, 9.17) is 5.73 Å². The Balaban J connectivity index is 2.19. The summed E-state index contributed by atoms with van der Waals surface area (Å²) >= 11 is 0. The molecule has 1 aliphatic heterocycles. The van der Waals surface area contributed by atoms with E-state index in [0.29, 0.717) is 5.56 Å². The molecule has 0 aliphatic carbocycles. The molecule has 2 aromatic rings. The molecular formula is C16H15N3O2. The van der Waals surface area contributed by atoms with E-state index >= 15 is 0 Å². The first kappa shape index (κ1) is 13.5. The van der Waals surface area contributed by atoms with Crippen LogP contribution >= 0.6 is 0 Å². The Kier molecular flexibility index (Phi) is 3.51. The first-order valence-corrected chi connectivity index (χ1v) is 6.69. The smallest absolute Gasteiger partial charge is 0.280 e. The Hall–Kier alpha value is -2.50. The summed E-state index contributed by atoms with van der Waals surface area (Å²) in [5.41, 5.74) is 8.48. The van der Waals surface area contributed by atoms with Crippen LogP contribution in [0.3, 0.4) is 0 Å². The molecule has 1 aliphatic rings. The zero-order valence-corrected chi connectivity index (χ0v) is 11.3. The van der Waals surface area contributed by atoms with Crippen LogP contribution in [0.4, 0.5) is 0 Å². The molecule has 3 N–H and O–H groups in total. The lowest BCUT2D eigenvalue weighted by atomic mass is 9.93. The summed E-state index contributed by atoms with van der Waals surface area (Å²) < 4.78 is 0. The number of hydrogen-bond acceptors (Lipinski definition) is 3. The molecule has 0 radical (unpaired) electrons. The van der Waals surface area contributed by atoms with Gasteiger partial charge in [-0.05, 0) is 0 Å². The summed E-state index contributed by atoms with van der Waals surface area (Å²) in [6, 6.07) is 16.0. The first-order chi connectivity index (χ1) is 10.2. The number of nitrogens with one attached hydrogen (secondary N) is 1. The van der Waals surface area contributed by atoms with Crippen molar-refractivity contribution >= 4 is 11.6 Å². The van der Waals surface area contributed by atoms with Gasteiger partial charge in [0, 0.05) is 16.7 Å². The number of aliphatic imine (C=N–C) groups is 1. The number of nitrogens with two attached hydrogens (primary N) is 1. The van der Waals surface area contributed by atoms with Crippen molar-refractivity contribution < 1.29 is 9.86 Å². The van der Waals surface area contributed by atoms with Crippen LogP contribution in [0.1, 0.15) is 22.7 Å². The molecule has 1 heterocycles. The van der Waals surface area contributed by atoms with E-state index < -0.39 is 11.9 Å². The summed E-state index contributed by atoms with van der Waals surface area (Å²) in [7, 11) is 0.